The van der Waals surface area contributed by atoms with E-state index in [-0.39, 0.29) is 18.6 Å². The Balaban J connectivity index is 1.71. The van der Waals surface area contributed by atoms with Crippen molar-refractivity contribution in [2.45, 2.75) is 50.1 Å². The van der Waals surface area contributed by atoms with Crippen molar-refractivity contribution in [2.75, 3.05) is 18.1 Å². The Labute approximate surface area is 124 Å². The number of aliphatic hydroxyl groups excluding tert-OH is 1. The quantitative estimate of drug-likeness (QED) is 0.860. The summed E-state index contributed by atoms with van der Waals surface area (Å²) >= 11 is 0. The highest BCUT2D eigenvalue weighted by Gasteiger charge is 2.39. The Hall–Kier alpha value is -1.69. The lowest BCUT2D eigenvalue weighted by molar-refractivity contribution is -0.124. The Morgan fingerprint density at radius 3 is 2.71 bits per heavy atom. The van der Waals surface area contributed by atoms with Crippen LogP contribution < -0.4 is 10.2 Å². The molecule has 6 nitrogen and oxygen atoms in total. The van der Waals surface area contributed by atoms with Crippen molar-refractivity contribution < 1.29 is 9.90 Å². The molecule has 0 radical (unpaired) electrons. The molecule has 114 valence electrons. The summed E-state index contributed by atoms with van der Waals surface area (Å²) in [6.07, 6.45) is 9.03. The number of aromatic nitrogens is 2. The van der Waals surface area contributed by atoms with E-state index in [2.05, 4.69) is 15.3 Å². The largest absolute Gasteiger partial charge is 0.394 e. The molecule has 1 saturated heterocycles. The van der Waals surface area contributed by atoms with Gasteiger partial charge in [0, 0.05) is 18.9 Å². The molecule has 1 aliphatic heterocycles. The summed E-state index contributed by atoms with van der Waals surface area (Å²) in [6.45, 7) is 0.821. The van der Waals surface area contributed by atoms with Gasteiger partial charge in [-0.05, 0) is 31.7 Å². The normalized spacial score (nSPS) is 24.2. The predicted molar refractivity (Wildman–Crippen MR) is 78.8 cm³/mol. The number of hydrogen-bond donors (Lipinski definition) is 2. The van der Waals surface area contributed by atoms with Crippen LogP contribution in [0.4, 0.5) is 5.95 Å². The third-order valence-corrected chi connectivity index (χ3v) is 4.62. The monoisotopic (exact) mass is 290 g/mol. The number of aliphatic hydroxyl groups is 1. The van der Waals surface area contributed by atoms with Gasteiger partial charge in [-0.3, -0.25) is 4.79 Å². The lowest BCUT2D eigenvalue weighted by Crippen LogP contribution is -2.55. The van der Waals surface area contributed by atoms with Crippen molar-refractivity contribution in [3.8, 4) is 0 Å². The van der Waals surface area contributed by atoms with Gasteiger partial charge in [-0.2, -0.15) is 0 Å². The van der Waals surface area contributed by atoms with Crippen LogP contribution in [0.15, 0.2) is 18.5 Å². The first-order valence-corrected chi connectivity index (χ1v) is 7.71. The lowest BCUT2D eigenvalue weighted by Gasteiger charge is -2.31. The molecule has 6 heteroatoms. The van der Waals surface area contributed by atoms with E-state index in [4.69, 9.17) is 0 Å². The van der Waals surface area contributed by atoms with Crippen LogP contribution in [0.3, 0.4) is 0 Å². The van der Waals surface area contributed by atoms with E-state index >= 15 is 0 Å². The van der Waals surface area contributed by atoms with Gasteiger partial charge >= 0.3 is 0 Å². The minimum atomic E-state index is -0.414. The molecule has 2 aliphatic rings. The second-order valence-electron chi connectivity index (χ2n) is 6.04. The van der Waals surface area contributed by atoms with Crippen molar-refractivity contribution in [1.82, 2.24) is 15.3 Å². The predicted octanol–water partition coefficient (Wildman–Crippen LogP) is 0.867. The van der Waals surface area contributed by atoms with E-state index in [9.17, 15) is 9.90 Å². The molecule has 1 aliphatic carbocycles. The van der Waals surface area contributed by atoms with Gasteiger partial charge in [0.05, 0.1) is 12.1 Å². The van der Waals surface area contributed by atoms with Crippen LogP contribution in [0.25, 0.3) is 0 Å². The van der Waals surface area contributed by atoms with Crippen LogP contribution in [0.5, 0.6) is 0 Å². The number of hydrogen-bond acceptors (Lipinski definition) is 5. The van der Waals surface area contributed by atoms with Crippen LogP contribution in [0.1, 0.15) is 38.5 Å². The molecular formula is C15H22N4O2. The average Bonchev–Trinajstić information content (AvgIpc) is 3.17. The van der Waals surface area contributed by atoms with Gasteiger partial charge in [0.2, 0.25) is 11.9 Å². The smallest absolute Gasteiger partial charge is 0.243 e. The number of carbonyl (C=O) groups is 1. The van der Waals surface area contributed by atoms with E-state index in [1.165, 1.54) is 0 Å². The molecule has 2 N–H and O–H groups in total. The summed E-state index contributed by atoms with van der Waals surface area (Å²) in [5.74, 6) is 0.607. The summed E-state index contributed by atoms with van der Waals surface area (Å²) in [7, 11) is 0. The third-order valence-electron chi connectivity index (χ3n) is 4.62. The molecule has 1 atom stereocenters. The molecule has 0 spiro atoms. The summed E-state index contributed by atoms with van der Waals surface area (Å²) in [5.41, 5.74) is -0.414. The van der Waals surface area contributed by atoms with Gasteiger partial charge in [0.25, 0.3) is 0 Å². The molecule has 1 aromatic rings. The van der Waals surface area contributed by atoms with Crippen molar-refractivity contribution >= 4 is 11.9 Å². The van der Waals surface area contributed by atoms with E-state index in [0.29, 0.717) is 5.95 Å². The lowest BCUT2D eigenvalue weighted by atomic mass is 9.98. The van der Waals surface area contributed by atoms with Gasteiger partial charge in [0.1, 0.15) is 6.04 Å². The summed E-state index contributed by atoms with van der Waals surface area (Å²) < 4.78 is 0. The number of nitrogens with one attached hydrogen (secondary N) is 1. The number of nitrogens with zero attached hydrogens (tertiary/aromatic N) is 3. The summed E-state index contributed by atoms with van der Waals surface area (Å²) in [6, 6.07) is 1.55. The molecule has 0 aromatic carbocycles. The third kappa shape index (κ3) is 2.85. The zero-order chi connectivity index (χ0) is 14.7. The molecular weight excluding hydrogens is 268 g/mol. The first-order valence-electron chi connectivity index (χ1n) is 7.71. The van der Waals surface area contributed by atoms with E-state index < -0.39 is 5.54 Å². The van der Waals surface area contributed by atoms with Crippen molar-refractivity contribution in [2.24, 2.45) is 0 Å². The fraction of sp³-hybridized carbons (Fsp3) is 0.667. The van der Waals surface area contributed by atoms with Crippen LogP contribution in [-0.4, -0.2) is 45.7 Å². The standard InChI is InChI=1S/C15H22N4O2/c20-11-15(6-1-2-7-15)18-13(21)12-5-3-10-19(12)14-16-8-4-9-17-14/h4,8-9,12,20H,1-3,5-7,10-11H2,(H,18,21). The Morgan fingerprint density at radius 2 is 2.05 bits per heavy atom. The zero-order valence-corrected chi connectivity index (χ0v) is 12.2. The van der Waals surface area contributed by atoms with E-state index in [1.54, 1.807) is 18.5 Å². The van der Waals surface area contributed by atoms with Gasteiger partial charge in [-0.1, -0.05) is 12.8 Å². The number of carbonyl (C=O) groups excluding carboxylic acids is 1. The maximum Gasteiger partial charge on any atom is 0.243 e. The molecule has 2 fully saturated rings. The zero-order valence-electron chi connectivity index (χ0n) is 12.2. The molecule has 0 bridgehead atoms. The molecule has 1 aromatic heterocycles. The van der Waals surface area contributed by atoms with Crippen molar-refractivity contribution in [3.05, 3.63) is 18.5 Å². The number of anilines is 1. The Bertz CT molecular complexity index is 488. The number of amides is 1. The number of rotatable bonds is 4. The minimum Gasteiger partial charge on any atom is -0.394 e. The second-order valence-corrected chi connectivity index (χ2v) is 6.04. The molecule has 21 heavy (non-hydrogen) atoms. The van der Waals surface area contributed by atoms with Crippen LogP contribution in [-0.2, 0) is 4.79 Å². The van der Waals surface area contributed by atoms with Gasteiger partial charge in [0.15, 0.2) is 0 Å². The van der Waals surface area contributed by atoms with Crippen molar-refractivity contribution in [3.63, 3.8) is 0 Å². The highest BCUT2D eigenvalue weighted by atomic mass is 16.3. The molecule has 1 unspecified atom stereocenters. The van der Waals surface area contributed by atoms with E-state index in [1.807, 2.05) is 4.90 Å². The minimum absolute atomic E-state index is 0.00379. The summed E-state index contributed by atoms with van der Waals surface area (Å²) in [5, 5.41) is 12.7. The average molecular weight is 290 g/mol. The summed E-state index contributed by atoms with van der Waals surface area (Å²) in [4.78, 5) is 23.1. The second kappa shape index (κ2) is 5.97. The van der Waals surface area contributed by atoms with Crippen molar-refractivity contribution in [1.29, 1.82) is 0 Å². The first-order chi connectivity index (χ1) is 10.2. The Morgan fingerprint density at radius 1 is 1.33 bits per heavy atom. The topological polar surface area (TPSA) is 78.4 Å². The van der Waals surface area contributed by atoms with E-state index in [0.717, 1.165) is 45.1 Å². The molecule has 3 rings (SSSR count). The molecule has 1 amide bonds. The SMILES string of the molecule is O=C(NC1(CO)CCCC1)C1CCCN1c1ncccn1. The van der Waals surface area contributed by atoms with Gasteiger partial charge in [-0.25, -0.2) is 9.97 Å². The maximum absolute atomic E-state index is 12.6. The van der Waals surface area contributed by atoms with Gasteiger partial charge in [-0.15, -0.1) is 0 Å². The van der Waals surface area contributed by atoms with Gasteiger partial charge < -0.3 is 15.3 Å². The fourth-order valence-electron chi connectivity index (χ4n) is 3.44. The van der Waals surface area contributed by atoms with Crippen LogP contribution >= 0.6 is 0 Å². The fourth-order valence-corrected chi connectivity index (χ4v) is 3.44. The Kier molecular flexibility index (Phi) is 4.05. The first kappa shape index (κ1) is 14.3. The highest BCUT2D eigenvalue weighted by Crippen LogP contribution is 2.30. The van der Waals surface area contributed by atoms with Crippen LogP contribution in [0.2, 0.25) is 0 Å². The van der Waals surface area contributed by atoms with Crippen LogP contribution in [0, 0.1) is 0 Å². The molecule has 1 saturated carbocycles. The maximum atomic E-state index is 12.6. The highest BCUT2D eigenvalue weighted by molar-refractivity contribution is 5.86. The molecule has 2 heterocycles.